The van der Waals surface area contributed by atoms with Crippen LogP contribution in [-0.2, 0) is 0 Å². The summed E-state index contributed by atoms with van der Waals surface area (Å²) in [6.07, 6.45) is 2.07. The molecule has 0 amide bonds. The second-order valence-electron chi connectivity index (χ2n) is 7.13. The molecule has 0 aliphatic heterocycles. The summed E-state index contributed by atoms with van der Waals surface area (Å²) in [6, 6.07) is 24.0. The smallest absolute Gasteiger partial charge is 0.346 e. The van der Waals surface area contributed by atoms with Gasteiger partial charge in [-0.2, -0.15) is 0 Å². The third-order valence-electron chi connectivity index (χ3n) is 5.32. The van der Waals surface area contributed by atoms with Gasteiger partial charge in [-0.25, -0.2) is 4.79 Å². The van der Waals surface area contributed by atoms with Crippen molar-refractivity contribution in [3.63, 3.8) is 0 Å². The van der Waals surface area contributed by atoms with Gasteiger partial charge in [0, 0.05) is 17.1 Å². The van der Waals surface area contributed by atoms with Crippen LogP contribution in [0.3, 0.4) is 0 Å². The molecule has 0 bridgehead atoms. The quantitative estimate of drug-likeness (QED) is 0.359. The summed E-state index contributed by atoms with van der Waals surface area (Å²) in [7, 11) is 0. The molecule has 0 unspecified atom stereocenters. The predicted molar refractivity (Wildman–Crippen MR) is 114 cm³/mol. The minimum absolute atomic E-state index is 0.308. The van der Waals surface area contributed by atoms with E-state index in [2.05, 4.69) is 42.8 Å². The van der Waals surface area contributed by atoms with Gasteiger partial charge in [0.1, 0.15) is 5.58 Å². The molecule has 0 N–H and O–H groups in total. The summed E-state index contributed by atoms with van der Waals surface area (Å²) >= 11 is 0. The van der Waals surface area contributed by atoms with Gasteiger partial charge in [0.25, 0.3) is 0 Å². The Bertz CT molecular complexity index is 1370. The molecule has 3 aromatic carbocycles. The average molecular weight is 365 g/mol. The third kappa shape index (κ3) is 2.40. The van der Waals surface area contributed by atoms with Crippen LogP contribution in [-0.4, -0.2) is 4.57 Å². The second kappa shape index (κ2) is 6.24. The largest absolute Gasteiger partial charge is 0.422 e. The van der Waals surface area contributed by atoms with E-state index >= 15 is 0 Å². The van der Waals surface area contributed by atoms with Gasteiger partial charge >= 0.3 is 5.63 Å². The molecule has 0 saturated heterocycles. The predicted octanol–water partition coefficient (Wildman–Crippen LogP) is 6.02. The number of hydrogen-bond acceptors (Lipinski definition) is 2. The fourth-order valence-corrected chi connectivity index (χ4v) is 4.08. The van der Waals surface area contributed by atoms with Crippen molar-refractivity contribution in [2.45, 2.75) is 13.8 Å². The summed E-state index contributed by atoms with van der Waals surface area (Å²) in [4.78, 5) is 13.0. The van der Waals surface area contributed by atoms with Crippen LogP contribution in [0.25, 0.3) is 38.7 Å². The zero-order chi connectivity index (χ0) is 19.3. The summed E-state index contributed by atoms with van der Waals surface area (Å²) in [5.74, 6) is 0. The van der Waals surface area contributed by atoms with Gasteiger partial charge in [-0.05, 0) is 42.7 Å². The van der Waals surface area contributed by atoms with E-state index in [1.54, 1.807) is 0 Å². The molecular formula is C25H19NO2. The van der Waals surface area contributed by atoms with Crippen LogP contribution in [0.2, 0.25) is 0 Å². The molecule has 28 heavy (non-hydrogen) atoms. The maximum atomic E-state index is 13.0. The third-order valence-corrected chi connectivity index (χ3v) is 5.32. The molecule has 0 saturated carbocycles. The van der Waals surface area contributed by atoms with Crippen LogP contribution in [0.5, 0.6) is 0 Å². The normalized spacial score (nSPS) is 11.4. The van der Waals surface area contributed by atoms with E-state index in [0.29, 0.717) is 11.0 Å². The molecule has 2 heterocycles. The van der Waals surface area contributed by atoms with E-state index < -0.39 is 0 Å². The topological polar surface area (TPSA) is 35.1 Å². The maximum absolute atomic E-state index is 13.0. The molecule has 0 spiro atoms. The van der Waals surface area contributed by atoms with Gasteiger partial charge in [-0.3, -0.25) is 0 Å². The molecular weight excluding hydrogens is 346 g/mol. The maximum Gasteiger partial charge on any atom is 0.346 e. The van der Waals surface area contributed by atoms with Crippen molar-refractivity contribution in [2.75, 3.05) is 0 Å². The van der Waals surface area contributed by atoms with Crippen molar-refractivity contribution in [2.24, 2.45) is 0 Å². The van der Waals surface area contributed by atoms with Crippen molar-refractivity contribution < 1.29 is 4.42 Å². The Balaban J connectivity index is 2.03. The first-order chi connectivity index (χ1) is 13.6. The van der Waals surface area contributed by atoms with Gasteiger partial charge in [-0.15, -0.1) is 0 Å². The van der Waals surface area contributed by atoms with Crippen LogP contribution in [0.4, 0.5) is 0 Å². The highest BCUT2D eigenvalue weighted by molar-refractivity contribution is 6.09. The number of para-hydroxylation sites is 2. The molecule has 0 aliphatic rings. The van der Waals surface area contributed by atoms with Gasteiger partial charge in [0.15, 0.2) is 0 Å². The van der Waals surface area contributed by atoms with Gasteiger partial charge < -0.3 is 8.98 Å². The number of fused-ring (bicyclic) bond motifs is 3. The van der Waals surface area contributed by atoms with Crippen LogP contribution in [0.15, 0.2) is 88.2 Å². The minimum Gasteiger partial charge on any atom is -0.422 e. The molecule has 136 valence electrons. The molecule has 0 atom stereocenters. The van der Waals surface area contributed by atoms with Gasteiger partial charge in [0.2, 0.25) is 0 Å². The molecule has 2 aromatic heterocycles. The Morgan fingerprint density at radius 3 is 2.21 bits per heavy atom. The van der Waals surface area contributed by atoms with Crippen molar-refractivity contribution in [1.29, 1.82) is 0 Å². The molecule has 0 aliphatic carbocycles. The van der Waals surface area contributed by atoms with Crippen molar-refractivity contribution >= 4 is 21.9 Å². The number of benzene rings is 3. The van der Waals surface area contributed by atoms with Crippen molar-refractivity contribution in [3.8, 4) is 16.8 Å². The van der Waals surface area contributed by atoms with Crippen molar-refractivity contribution in [1.82, 2.24) is 4.57 Å². The first-order valence-corrected chi connectivity index (χ1v) is 9.34. The van der Waals surface area contributed by atoms with Crippen LogP contribution < -0.4 is 5.63 Å². The molecule has 0 radical (unpaired) electrons. The van der Waals surface area contributed by atoms with Crippen LogP contribution >= 0.6 is 0 Å². The number of rotatable bonds is 2. The Morgan fingerprint density at radius 1 is 0.786 bits per heavy atom. The van der Waals surface area contributed by atoms with E-state index in [4.69, 9.17) is 4.42 Å². The Hall–Kier alpha value is -3.59. The Kier molecular flexibility index (Phi) is 3.69. The number of aryl methyl sites for hydroxylation is 2. The van der Waals surface area contributed by atoms with Gasteiger partial charge in [-0.1, -0.05) is 60.7 Å². The molecule has 3 nitrogen and oxygen atoms in total. The molecule has 5 aromatic rings. The highest BCUT2D eigenvalue weighted by Crippen LogP contribution is 2.36. The number of nitrogens with zero attached hydrogens (tertiary/aromatic N) is 1. The molecule has 5 rings (SSSR count). The SMILES string of the molecule is Cc1cccc(C)c1-n1cc(-c2ccccc2)c2c(=O)oc3ccccc3c21. The zero-order valence-electron chi connectivity index (χ0n) is 15.8. The monoisotopic (exact) mass is 365 g/mol. The number of hydrogen-bond donors (Lipinski definition) is 0. The Labute approximate surface area is 162 Å². The first kappa shape index (κ1) is 16.6. The fraction of sp³-hybridized carbons (Fsp3) is 0.0800. The summed E-state index contributed by atoms with van der Waals surface area (Å²) in [5.41, 5.74) is 6.50. The van der Waals surface area contributed by atoms with E-state index in [1.165, 1.54) is 0 Å². The second-order valence-corrected chi connectivity index (χ2v) is 7.13. The lowest BCUT2D eigenvalue weighted by Crippen LogP contribution is -2.03. The van der Waals surface area contributed by atoms with E-state index in [-0.39, 0.29) is 5.63 Å². The van der Waals surface area contributed by atoms with Crippen LogP contribution in [0.1, 0.15) is 11.1 Å². The van der Waals surface area contributed by atoms with E-state index in [0.717, 1.165) is 38.8 Å². The van der Waals surface area contributed by atoms with Gasteiger partial charge in [0.05, 0.1) is 16.6 Å². The lowest BCUT2D eigenvalue weighted by atomic mass is 10.1. The van der Waals surface area contributed by atoms with Crippen molar-refractivity contribution in [3.05, 3.63) is 101 Å². The summed E-state index contributed by atoms with van der Waals surface area (Å²) < 4.78 is 7.83. The lowest BCUT2D eigenvalue weighted by molar-refractivity contribution is 0.570. The Morgan fingerprint density at radius 2 is 1.46 bits per heavy atom. The highest BCUT2D eigenvalue weighted by Gasteiger charge is 2.20. The molecule has 3 heteroatoms. The minimum atomic E-state index is -0.308. The molecule has 0 fully saturated rings. The average Bonchev–Trinajstić information content (AvgIpc) is 3.10. The standard InChI is InChI=1S/C25H19NO2/c1-16-9-8-10-17(2)23(16)26-15-20(18-11-4-3-5-12-18)22-24(26)19-13-6-7-14-21(19)28-25(22)27/h3-15H,1-2H3. The van der Waals surface area contributed by atoms with E-state index in [1.807, 2.05) is 54.6 Å². The lowest BCUT2D eigenvalue weighted by Gasteiger charge is -2.13. The first-order valence-electron chi connectivity index (χ1n) is 9.34. The number of aromatic nitrogens is 1. The summed E-state index contributed by atoms with van der Waals surface area (Å²) in [6.45, 7) is 4.20. The summed E-state index contributed by atoms with van der Waals surface area (Å²) in [5, 5.41) is 1.55. The zero-order valence-corrected chi connectivity index (χ0v) is 15.8. The van der Waals surface area contributed by atoms with E-state index in [9.17, 15) is 4.79 Å². The fourth-order valence-electron chi connectivity index (χ4n) is 4.08. The van der Waals surface area contributed by atoms with Crippen LogP contribution in [0, 0.1) is 13.8 Å². The highest BCUT2D eigenvalue weighted by atomic mass is 16.4.